The molecule has 4 rings (SSSR count). The standard InChI is InChI=1S/C23H23NO5/c1-23(2)21(26)19(11-12-20(25)29-23)24-22(27)28-13-18-16-9-5-3-7-14(16)15-8-4-6-10-17(15)18/h3-10,18-19H,11-13H2,1-2H3,(H,24,27). The number of Topliss-reactive ketones (excluding diaryl/α,β-unsaturated/α-hetero) is 1. The number of esters is 1. The van der Waals surface area contributed by atoms with Gasteiger partial charge in [-0.05, 0) is 42.5 Å². The van der Waals surface area contributed by atoms with Gasteiger partial charge in [0.05, 0.1) is 6.04 Å². The smallest absolute Gasteiger partial charge is 0.407 e. The molecule has 6 nitrogen and oxygen atoms in total. The maximum atomic E-state index is 12.6. The molecule has 150 valence electrons. The number of fused-ring (bicyclic) bond motifs is 3. The van der Waals surface area contributed by atoms with Crippen LogP contribution in [0.5, 0.6) is 0 Å². The summed E-state index contributed by atoms with van der Waals surface area (Å²) in [7, 11) is 0. The third-order valence-electron chi connectivity index (χ3n) is 5.55. The molecule has 0 aromatic heterocycles. The fourth-order valence-corrected chi connectivity index (χ4v) is 4.12. The monoisotopic (exact) mass is 393 g/mol. The van der Waals surface area contributed by atoms with E-state index >= 15 is 0 Å². The number of hydrogen-bond donors (Lipinski definition) is 1. The molecule has 29 heavy (non-hydrogen) atoms. The summed E-state index contributed by atoms with van der Waals surface area (Å²) in [6, 6.07) is 15.3. The van der Waals surface area contributed by atoms with Gasteiger partial charge >= 0.3 is 12.1 Å². The van der Waals surface area contributed by atoms with Gasteiger partial charge in [-0.25, -0.2) is 4.79 Å². The second-order valence-corrected chi connectivity index (χ2v) is 7.91. The van der Waals surface area contributed by atoms with Gasteiger partial charge in [0, 0.05) is 12.3 Å². The predicted molar refractivity (Wildman–Crippen MR) is 106 cm³/mol. The van der Waals surface area contributed by atoms with E-state index in [-0.39, 0.29) is 31.1 Å². The first-order chi connectivity index (χ1) is 13.9. The first kappa shape index (κ1) is 19.2. The van der Waals surface area contributed by atoms with Crippen molar-refractivity contribution in [2.75, 3.05) is 6.61 Å². The number of carbonyl (C=O) groups is 3. The highest BCUT2D eigenvalue weighted by molar-refractivity contribution is 5.96. The Morgan fingerprint density at radius 2 is 1.66 bits per heavy atom. The first-order valence-corrected chi connectivity index (χ1v) is 9.74. The summed E-state index contributed by atoms with van der Waals surface area (Å²) in [4.78, 5) is 36.7. The Hall–Kier alpha value is -3.15. The number of benzene rings is 2. The SMILES string of the molecule is CC1(C)OC(=O)CCC(NC(=O)OCC2c3ccccc3-c3ccccc32)C1=O. The Bertz CT molecular complexity index is 935. The predicted octanol–water partition coefficient (Wildman–Crippen LogP) is 3.58. The van der Waals surface area contributed by atoms with Crippen molar-refractivity contribution in [3.8, 4) is 11.1 Å². The number of amides is 1. The number of cyclic esters (lactones) is 1. The highest BCUT2D eigenvalue weighted by Crippen LogP contribution is 2.44. The lowest BCUT2D eigenvalue weighted by molar-refractivity contribution is -0.161. The van der Waals surface area contributed by atoms with Crippen LogP contribution in [0.3, 0.4) is 0 Å². The normalized spacial score (nSPS) is 20.3. The molecule has 2 aromatic rings. The Kier molecular flexibility index (Phi) is 4.86. The zero-order valence-corrected chi connectivity index (χ0v) is 16.4. The minimum atomic E-state index is -1.27. The van der Waals surface area contributed by atoms with Gasteiger partial charge in [0.25, 0.3) is 0 Å². The third kappa shape index (κ3) is 3.62. The van der Waals surface area contributed by atoms with Gasteiger partial charge in [-0.3, -0.25) is 9.59 Å². The van der Waals surface area contributed by atoms with Gasteiger partial charge in [0.1, 0.15) is 6.61 Å². The Morgan fingerprint density at radius 3 is 2.28 bits per heavy atom. The van der Waals surface area contributed by atoms with Gasteiger partial charge in [-0.2, -0.15) is 0 Å². The number of ether oxygens (including phenoxy) is 2. The van der Waals surface area contributed by atoms with E-state index in [4.69, 9.17) is 9.47 Å². The lowest BCUT2D eigenvalue weighted by Crippen LogP contribution is -2.49. The van der Waals surface area contributed by atoms with Gasteiger partial charge < -0.3 is 14.8 Å². The average Bonchev–Trinajstić information content (AvgIpc) is 2.97. The van der Waals surface area contributed by atoms with Crippen molar-refractivity contribution in [2.45, 2.75) is 44.2 Å². The summed E-state index contributed by atoms with van der Waals surface area (Å²) in [6.45, 7) is 3.23. The van der Waals surface area contributed by atoms with E-state index in [2.05, 4.69) is 17.4 Å². The van der Waals surface area contributed by atoms with Gasteiger partial charge in [0.2, 0.25) is 0 Å². The summed E-state index contributed by atoms with van der Waals surface area (Å²) in [5, 5.41) is 2.61. The van der Waals surface area contributed by atoms with Crippen molar-refractivity contribution < 1.29 is 23.9 Å². The van der Waals surface area contributed by atoms with E-state index in [1.54, 1.807) is 0 Å². The van der Waals surface area contributed by atoms with Gasteiger partial charge in [-0.1, -0.05) is 48.5 Å². The number of ketones is 1. The number of alkyl carbamates (subject to hydrolysis) is 1. The van der Waals surface area contributed by atoms with Crippen LogP contribution in [-0.2, 0) is 19.1 Å². The van der Waals surface area contributed by atoms with E-state index in [1.165, 1.54) is 13.8 Å². The van der Waals surface area contributed by atoms with Crippen molar-refractivity contribution >= 4 is 17.8 Å². The molecule has 1 N–H and O–H groups in total. The number of rotatable bonds is 3. The van der Waals surface area contributed by atoms with Crippen molar-refractivity contribution in [2.24, 2.45) is 0 Å². The Labute approximate surface area is 169 Å². The van der Waals surface area contributed by atoms with Crippen LogP contribution in [-0.4, -0.2) is 36.1 Å². The first-order valence-electron chi connectivity index (χ1n) is 9.74. The van der Waals surface area contributed by atoms with E-state index in [1.807, 2.05) is 36.4 Å². The Morgan fingerprint density at radius 1 is 1.07 bits per heavy atom. The van der Waals surface area contributed by atoms with Crippen molar-refractivity contribution in [3.05, 3.63) is 59.7 Å². The second-order valence-electron chi connectivity index (χ2n) is 7.91. The van der Waals surface area contributed by atoms with E-state index in [0.29, 0.717) is 0 Å². The second kappa shape index (κ2) is 7.35. The molecular weight excluding hydrogens is 370 g/mol. The molecule has 6 heteroatoms. The average molecular weight is 393 g/mol. The zero-order chi connectivity index (χ0) is 20.6. The molecular formula is C23H23NO5. The molecule has 1 fully saturated rings. The quantitative estimate of drug-likeness (QED) is 0.806. The minimum absolute atomic E-state index is 0.0562. The van der Waals surface area contributed by atoms with Crippen LogP contribution in [0.15, 0.2) is 48.5 Å². The maximum Gasteiger partial charge on any atom is 0.407 e. The molecule has 1 unspecified atom stereocenters. The van der Waals surface area contributed by atoms with Crippen LogP contribution in [0.1, 0.15) is 43.7 Å². The summed E-state index contributed by atoms with van der Waals surface area (Å²) in [5.41, 5.74) is 3.26. The van der Waals surface area contributed by atoms with Gasteiger partial charge in [0.15, 0.2) is 11.4 Å². The van der Waals surface area contributed by atoms with Crippen molar-refractivity contribution in [3.63, 3.8) is 0 Å². The van der Waals surface area contributed by atoms with Crippen LogP contribution in [0.2, 0.25) is 0 Å². The molecule has 1 heterocycles. The van der Waals surface area contributed by atoms with Gasteiger partial charge in [-0.15, -0.1) is 0 Å². The largest absolute Gasteiger partial charge is 0.452 e. The van der Waals surface area contributed by atoms with Crippen LogP contribution < -0.4 is 5.32 Å². The fraction of sp³-hybridized carbons (Fsp3) is 0.348. The molecule has 1 aliphatic heterocycles. The molecule has 0 spiro atoms. The van der Waals surface area contributed by atoms with Crippen LogP contribution in [0.4, 0.5) is 4.79 Å². The molecule has 0 saturated carbocycles. The molecule has 0 bridgehead atoms. The molecule has 2 aliphatic rings. The highest BCUT2D eigenvalue weighted by Gasteiger charge is 2.41. The lowest BCUT2D eigenvalue weighted by Gasteiger charge is -2.25. The van der Waals surface area contributed by atoms with Crippen LogP contribution >= 0.6 is 0 Å². The van der Waals surface area contributed by atoms with Crippen molar-refractivity contribution in [1.82, 2.24) is 5.32 Å². The number of hydrogen-bond acceptors (Lipinski definition) is 5. The number of nitrogens with one attached hydrogen (secondary N) is 1. The molecule has 2 aromatic carbocycles. The van der Waals surface area contributed by atoms with Crippen LogP contribution in [0.25, 0.3) is 11.1 Å². The zero-order valence-electron chi connectivity index (χ0n) is 16.4. The molecule has 0 radical (unpaired) electrons. The summed E-state index contributed by atoms with van der Waals surface area (Å²) < 4.78 is 10.7. The third-order valence-corrected chi connectivity index (χ3v) is 5.55. The highest BCUT2D eigenvalue weighted by atomic mass is 16.6. The van der Waals surface area contributed by atoms with Crippen LogP contribution in [0, 0.1) is 0 Å². The Balaban J connectivity index is 1.45. The van der Waals surface area contributed by atoms with E-state index < -0.39 is 23.7 Å². The maximum absolute atomic E-state index is 12.6. The van der Waals surface area contributed by atoms with E-state index in [0.717, 1.165) is 22.3 Å². The van der Waals surface area contributed by atoms with Crippen molar-refractivity contribution in [1.29, 1.82) is 0 Å². The topological polar surface area (TPSA) is 81.7 Å². The summed E-state index contributed by atoms with van der Waals surface area (Å²) in [6.07, 6.45) is -0.398. The molecule has 1 aliphatic carbocycles. The molecule has 1 amide bonds. The summed E-state index contributed by atoms with van der Waals surface area (Å²) >= 11 is 0. The fourth-order valence-electron chi connectivity index (χ4n) is 4.12. The lowest BCUT2D eigenvalue weighted by atomic mass is 9.95. The summed E-state index contributed by atoms with van der Waals surface area (Å²) in [5.74, 6) is -0.837. The number of carbonyl (C=O) groups excluding carboxylic acids is 3. The van der Waals surface area contributed by atoms with E-state index in [9.17, 15) is 14.4 Å². The molecule has 1 saturated heterocycles. The molecule has 1 atom stereocenters. The minimum Gasteiger partial charge on any atom is -0.452 e.